The Morgan fingerprint density at radius 2 is 1.96 bits per heavy atom. The summed E-state index contributed by atoms with van der Waals surface area (Å²) in [6, 6.07) is 12.7. The van der Waals surface area contributed by atoms with Gasteiger partial charge in [-0.25, -0.2) is 9.78 Å². The summed E-state index contributed by atoms with van der Waals surface area (Å²) in [7, 11) is 0. The highest BCUT2D eigenvalue weighted by molar-refractivity contribution is 5.81. The van der Waals surface area contributed by atoms with E-state index in [0.717, 1.165) is 35.9 Å². The first-order valence-electron chi connectivity index (χ1n) is 8.99. The van der Waals surface area contributed by atoms with Gasteiger partial charge in [-0.05, 0) is 57.7 Å². The molecule has 4 rings (SSSR count). The molecule has 130 valence electrons. The monoisotopic (exact) mass is 336 g/mol. The van der Waals surface area contributed by atoms with Gasteiger partial charge in [0.1, 0.15) is 5.60 Å². The topological polar surface area (TPSA) is 42.4 Å². The molecule has 1 fully saturated rings. The van der Waals surface area contributed by atoms with E-state index in [4.69, 9.17) is 9.72 Å². The second kappa shape index (κ2) is 5.87. The molecule has 0 saturated carbocycles. The number of ether oxygens (including phenoxy) is 1. The first-order chi connectivity index (χ1) is 11.9. The number of nitrogens with zero attached hydrogens (tertiary/aromatic N) is 2. The first-order valence-corrected chi connectivity index (χ1v) is 8.99. The molecule has 0 aliphatic carbocycles. The molecule has 1 aromatic carbocycles. The van der Waals surface area contributed by atoms with Crippen LogP contribution in [0.25, 0.3) is 16.5 Å². The number of hydrogen-bond acceptors (Lipinski definition) is 3. The normalized spacial score (nSPS) is 22.8. The minimum absolute atomic E-state index is 0.122. The standard InChI is InChI=1S/C21H24N2O2/c1-21(2,3)25-20(24)23-16-9-10-17(23)13-15(12-16)19-11-8-14-6-4-5-7-18(14)22-19/h4-8,11-12,16-17H,9-10,13H2,1-3H3. The zero-order valence-electron chi connectivity index (χ0n) is 15.0. The summed E-state index contributed by atoms with van der Waals surface area (Å²) in [5.74, 6) is 0. The van der Waals surface area contributed by atoms with Crippen molar-refractivity contribution in [2.75, 3.05) is 0 Å². The summed E-state index contributed by atoms with van der Waals surface area (Å²) in [6.45, 7) is 5.74. The quantitative estimate of drug-likeness (QED) is 0.752. The Hall–Kier alpha value is -2.36. The molecule has 0 radical (unpaired) electrons. The van der Waals surface area contributed by atoms with E-state index in [2.05, 4.69) is 24.3 Å². The van der Waals surface area contributed by atoms with E-state index in [0.29, 0.717) is 0 Å². The average Bonchev–Trinajstić information content (AvgIpc) is 2.83. The van der Waals surface area contributed by atoms with Crippen molar-refractivity contribution >= 4 is 22.6 Å². The third kappa shape index (κ3) is 3.13. The van der Waals surface area contributed by atoms with Crippen LogP contribution in [0.1, 0.15) is 45.7 Å². The van der Waals surface area contributed by atoms with Crippen LogP contribution in [0.5, 0.6) is 0 Å². The smallest absolute Gasteiger partial charge is 0.411 e. The molecular weight excluding hydrogens is 312 g/mol. The molecule has 2 aromatic rings. The number of carbonyl (C=O) groups excluding carboxylic acids is 1. The molecule has 2 unspecified atom stereocenters. The lowest BCUT2D eigenvalue weighted by molar-refractivity contribution is 0.0175. The van der Waals surface area contributed by atoms with Crippen LogP contribution in [-0.4, -0.2) is 33.7 Å². The maximum absolute atomic E-state index is 12.6. The van der Waals surface area contributed by atoms with Crippen molar-refractivity contribution < 1.29 is 9.53 Å². The van der Waals surface area contributed by atoms with Gasteiger partial charge >= 0.3 is 6.09 Å². The van der Waals surface area contributed by atoms with Gasteiger partial charge in [0.05, 0.1) is 17.3 Å². The number of amides is 1. The van der Waals surface area contributed by atoms with Crippen molar-refractivity contribution in [1.29, 1.82) is 0 Å². The van der Waals surface area contributed by atoms with Crippen LogP contribution in [0.3, 0.4) is 0 Å². The molecule has 2 aliphatic rings. The lowest BCUT2D eigenvalue weighted by Gasteiger charge is -2.35. The van der Waals surface area contributed by atoms with E-state index in [1.165, 1.54) is 5.57 Å². The Morgan fingerprint density at radius 1 is 1.16 bits per heavy atom. The van der Waals surface area contributed by atoms with Gasteiger partial charge in [-0.15, -0.1) is 0 Å². The minimum Gasteiger partial charge on any atom is -0.444 e. The van der Waals surface area contributed by atoms with Gasteiger partial charge < -0.3 is 4.74 Å². The molecule has 2 aliphatic heterocycles. The lowest BCUT2D eigenvalue weighted by Crippen LogP contribution is -2.45. The van der Waals surface area contributed by atoms with E-state index in [-0.39, 0.29) is 18.2 Å². The van der Waals surface area contributed by atoms with Gasteiger partial charge in [0.15, 0.2) is 0 Å². The van der Waals surface area contributed by atoms with Crippen LogP contribution in [0.15, 0.2) is 42.5 Å². The van der Waals surface area contributed by atoms with E-state index in [1.54, 1.807) is 0 Å². The van der Waals surface area contributed by atoms with Crippen LogP contribution >= 0.6 is 0 Å². The molecule has 1 aromatic heterocycles. The van der Waals surface area contributed by atoms with Crippen molar-refractivity contribution in [3.05, 3.63) is 48.2 Å². The van der Waals surface area contributed by atoms with E-state index < -0.39 is 5.60 Å². The fourth-order valence-corrected chi connectivity index (χ4v) is 3.86. The zero-order chi connectivity index (χ0) is 17.6. The van der Waals surface area contributed by atoms with Crippen molar-refractivity contribution in [1.82, 2.24) is 9.88 Å². The zero-order valence-corrected chi connectivity index (χ0v) is 15.0. The Labute approximate surface area is 148 Å². The summed E-state index contributed by atoms with van der Waals surface area (Å²) in [5.41, 5.74) is 2.83. The maximum Gasteiger partial charge on any atom is 0.411 e. The van der Waals surface area contributed by atoms with Gasteiger partial charge in [0.2, 0.25) is 0 Å². The van der Waals surface area contributed by atoms with Crippen molar-refractivity contribution in [2.45, 2.75) is 57.7 Å². The predicted octanol–water partition coefficient (Wildman–Crippen LogP) is 4.79. The average molecular weight is 336 g/mol. The SMILES string of the molecule is CC(C)(C)OC(=O)N1C2C=C(c3ccc4ccccc4n3)CC1CC2. The van der Waals surface area contributed by atoms with Gasteiger partial charge in [0, 0.05) is 11.4 Å². The van der Waals surface area contributed by atoms with Crippen molar-refractivity contribution in [2.24, 2.45) is 0 Å². The summed E-state index contributed by atoms with van der Waals surface area (Å²) < 4.78 is 5.60. The third-order valence-corrected chi connectivity index (χ3v) is 4.93. The Kier molecular flexibility index (Phi) is 3.78. The van der Waals surface area contributed by atoms with Crippen molar-refractivity contribution in [3.63, 3.8) is 0 Å². The maximum atomic E-state index is 12.6. The number of hydrogen-bond donors (Lipinski definition) is 0. The van der Waals surface area contributed by atoms with Crippen LogP contribution in [0.4, 0.5) is 4.79 Å². The number of para-hydroxylation sites is 1. The molecule has 4 heteroatoms. The molecule has 1 saturated heterocycles. The second-order valence-corrected chi connectivity index (χ2v) is 7.97. The molecule has 25 heavy (non-hydrogen) atoms. The molecule has 4 nitrogen and oxygen atoms in total. The van der Waals surface area contributed by atoms with Crippen LogP contribution in [0.2, 0.25) is 0 Å². The number of aromatic nitrogens is 1. The molecule has 1 amide bonds. The number of pyridine rings is 1. The number of rotatable bonds is 1. The molecule has 2 bridgehead atoms. The van der Waals surface area contributed by atoms with E-state index in [1.807, 2.05) is 43.9 Å². The minimum atomic E-state index is -0.458. The molecular formula is C21H24N2O2. The lowest BCUT2D eigenvalue weighted by atomic mass is 9.98. The highest BCUT2D eigenvalue weighted by Gasteiger charge is 2.41. The summed E-state index contributed by atoms with van der Waals surface area (Å²) in [5, 5.41) is 1.15. The number of carbonyl (C=O) groups is 1. The van der Waals surface area contributed by atoms with Crippen LogP contribution in [-0.2, 0) is 4.74 Å². The third-order valence-electron chi connectivity index (χ3n) is 4.93. The number of fused-ring (bicyclic) bond motifs is 3. The Bertz CT molecular complexity index is 850. The second-order valence-electron chi connectivity index (χ2n) is 7.97. The van der Waals surface area contributed by atoms with Crippen LogP contribution < -0.4 is 0 Å². The Balaban J connectivity index is 1.61. The number of benzene rings is 1. The van der Waals surface area contributed by atoms with Gasteiger partial charge in [-0.3, -0.25) is 4.90 Å². The highest BCUT2D eigenvalue weighted by atomic mass is 16.6. The van der Waals surface area contributed by atoms with Gasteiger partial charge in [0.25, 0.3) is 0 Å². The van der Waals surface area contributed by atoms with E-state index in [9.17, 15) is 4.79 Å². The Morgan fingerprint density at radius 3 is 2.72 bits per heavy atom. The molecule has 0 spiro atoms. The molecule has 0 N–H and O–H groups in total. The highest BCUT2D eigenvalue weighted by Crippen LogP contribution is 2.39. The molecule has 3 heterocycles. The van der Waals surface area contributed by atoms with E-state index >= 15 is 0 Å². The summed E-state index contributed by atoms with van der Waals surface area (Å²) >= 11 is 0. The van der Waals surface area contributed by atoms with Gasteiger partial charge in [-0.2, -0.15) is 0 Å². The molecule has 2 atom stereocenters. The van der Waals surface area contributed by atoms with Crippen LogP contribution in [0, 0.1) is 0 Å². The fraction of sp³-hybridized carbons (Fsp3) is 0.429. The largest absolute Gasteiger partial charge is 0.444 e. The van der Waals surface area contributed by atoms with Gasteiger partial charge in [-0.1, -0.05) is 30.3 Å². The summed E-state index contributed by atoms with van der Waals surface area (Å²) in [4.78, 5) is 19.3. The predicted molar refractivity (Wildman–Crippen MR) is 99.2 cm³/mol. The fourth-order valence-electron chi connectivity index (χ4n) is 3.86. The summed E-state index contributed by atoms with van der Waals surface area (Å²) in [6.07, 6.45) is 4.89. The van der Waals surface area contributed by atoms with Crippen molar-refractivity contribution in [3.8, 4) is 0 Å². The first kappa shape index (κ1) is 16.1.